The van der Waals surface area contributed by atoms with E-state index in [1.54, 1.807) is 0 Å². The predicted molar refractivity (Wildman–Crippen MR) is 182 cm³/mol. The van der Waals surface area contributed by atoms with Crippen LogP contribution in [-0.4, -0.2) is 17.2 Å². The quantitative estimate of drug-likeness (QED) is 0.170. The number of rotatable bonds is 8. The van der Waals surface area contributed by atoms with Gasteiger partial charge >= 0.3 is 5.97 Å². The number of hydrogen-bond donors (Lipinski definition) is 1. The van der Waals surface area contributed by atoms with Crippen molar-refractivity contribution in [1.29, 1.82) is 0 Å². The monoisotopic (exact) mass is 716 g/mol. The number of carboxylic acids is 1. The Morgan fingerprint density at radius 2 is 1.48 bits per heavy atom. The summed E-state index contributed by atoms with van der Waals surface area (Å²) in [6.07, 6.45) is -0.773. The van der Waals surface area contributed by atoms with Crippen LogP contribution in [0.5, 0.6) is 5.75 Å². The number of carboxylic acid groups (broad SMARTS) is 1. The number of hydrogen-bond acceptors (Lipinski definition) is 4. The van der Waals surface area contributed by atoms with E-state index in [4.69, 9.17) is 4.74 Å². The van der Waals surface area contributed by atoms with E-state index in [9.17, 15) is 9.90 Å². The number of thiophene rings is 1. The maximum Gasteiger partial charge on any atom is 0.345 e. The molecule has 0 aliphatic rings. The maximum atomic E-state index is 12.2. The molecule has 6 rings (SSSR count). The first-order valence-electron chi connectivity index (χ1n) is 13.4. The Bertz CT molecular complexity index is 1910. The minimum Gasteiger partial charge on any atom is -0.478 e. The first kappa shape index (κ1) is 29.0. The molecule has 0 saturated carbocycles. The SMILES string of the molecule is Cc1sc2c(Sc3ccccc3)c3ccccc3c(-c3cc(Br)c(OC(Cc4ccccc4)C(=O)O)c(Br)c3)c2c1C. The molecule has 6 aromatic rings. The van der Waals surface area contributed by atoms with Crippen LogP contribution < -0.4 is 4.74 Å². The summed E-state index contributed by atoms with van der Waals surface area (Å²) in [5.41, 5.74) is 4.35. The molecule has 0 fully saturated rings. The smallest absolute Gasteiger partial charge is 0.345 e. The van der Waals surface area contributed by atoms with Crippen LogP contribution in [0.2, 0.25) is 0 Å². The van der Waals surface area contributed by atoms with E-state index < -0.39 is 12.1 Å². The number of carbonyl (C=O) groups is 1. The molecule has 1 N–H and O–H groups in total. The second kappa shape index (κ2) is 12.3. The molecule has 3 nitrogen and oxygen atoms in total. The summed E-state index contributed by atoms with van der Waals surface area (Å²) in [7, 11) is 0. The minimum absolute atomic E-state index is 0.260. The maximum absolute atomic E-state index is 12.2. The summed E-state index contributed by atoms with van der Waals surface area (Å²) >= 11 is 11.1. The van der Waals surface area contributed by atoms with Gasteiger partial charge in [-0.15, -0.1) is 11.3 Å². The van der Waals surface area contributed by atoms with Crippen molar-refractivity contribution in [1.82, 2.24) is 0 Å². The van der Waals surface area contributed by atoms with Gasteiger partial charge in [0.15, 0.2) is 6.10 Å². The minimum atomic E-state index is -1.03. The highest BCUT2D eigenvalue weighted by Gasteiger charge is 2.25. The van der Waals surface area contributed by atoms with Crippen molar-refractivity contribution in [2.24, 2.45) is 0 Å². The van der Waals surface area contributed by atoms with Crippen molar-refractivity contribution >= 4 is 81.8 Å². The molecular weight excluding hydrogens is 692 g/mol. The third-order valence-electron chi connectivity index (χ3n) is 7.33. The Morgan fingerprint density at radius 1 is 0.881 bits per heavy atom. The Hall–Kier alpha value is -3.10. The number of aryl methyl sites for hydroxylation is 2. The lowest BCUT2D eigenvalue weighted by Gasteiger charge is -2.20. The molecular formula is C35H26Br2O3S2. The van der Waals surface area contributed by atoms with Gasteiger partial charge in [0.2, 0.25) is 0 Å². The molecule has 0 bridgehead atoms. The van der Waals surface area contributed by atoms with Gasteiger partial charge in [0.25, 0.3) is 0 Å². The van der Waals surface area contributed by atoms with Gasteiger partial charge in [0, 0.05) is 26.5 Å². The van der Waals surface area contributed by atoms with Gasteiger partial charge in [-0.1, -0.05) is 84.6 Å². The second-order valence-electron chi connectivity index (χ2n) is 10.1. The summed E-state index contributed by atoms with van der Waals surface area (Å²) in [4.78, 5) is 15.9. The summed E-state index contributed by atoms with van der Waals surface area (Å²) in [5, 5.41) is 13.6. The van der Waals surface area contributed by atoms with Crippen molar-refractivity contribution in [3.05, 3.63) is 122 Å². The first-order valence-corrected chi connectivity index (χ1v) is 16.6. The van der Waals surface area contributed by atoms with Crippen LogP contribution in [0.4, 0.5) is 0 Å². The average molecular weight is 719 g/mol. The van der Waals surface area contributed by atoms with E-state index in [-0.39, 0.29) is 6.42 Å². The number of fused-ring (bicyclic) bond motifs is 2. The van der Waals surface area contributed by atoms with E-state index in [0.29, 0.717) is 14.7 Å². The van der Waals surface area contributed by atoms with Crippen molar-refractivity contribution in [2.45, 2.75) is 36.2 Å². The van der Waals surface area contributed by atoms with Crippen LogP contribution in [-0.2, 0) is 11.2 Å². The van der Waals surface area contributed by atoms with Crippen molar-refractivity contribution < 1.29 is 14.6 Å². The molecule has 0 aliphatic heterocycles. The molecule has 0 spiro atoms. The zero-order valence-corrected chi connectivity index (χ0v) is 27.7. The van der Waals surface area contributed by atoms with Crippen LogP contribution in [0.1, 0.15) is 16.0 Å². The third-order valence-corrected chi connectivity index (χ3v) is 11.0. The molecule has 1 heterocycles. The highest BCUT2D eigenvalue weighted by atomic mass is 79.9. The van der Waals surface area contributed by atoms with Crippen molar-refractivity contribution in [2.75, 3.05) is 0 Å². The summed E-state index contributed by atoms with van der Waals surface area (Å²) in [5.74, 6) is -0.539. The molecule has 42 heavy (non-hydrogen) atoms. The molecule has 0 saturated heterocycles. The first-order chi connectivity index (χ1) is 20.3. The zero-order chi connectivity index (χ0) is 29.4. The molecule has 0 aliphatic carbocycles. The summed E-state index contributed by atoms with van der Waals surface area (Å²) in [6.45, 7) is 4.39. The van der Waals surface area contributed by atoms with E-state index in [1.807, 2.05) is 71.6 Å². The second-order valence-corrected chi connectivity index (χ2v) is 14.1. The van der Waals surface area contributed by atoms with Gasteiger partial charge in [-0.05, 0) is 103 Å². The molecule has 7 heteroatoms. The number of aliphatic carboxylic acids is 1. The number of halogens is 2. The topological polar surface area (TPSA) is 46.5 Å². The van der Waals surface area contributed by atoms with E-state index >= 15 is 0 Å². The lowest BCUT2D eigenvalue weighted by Crippen LogP contribution is -2.29. The third kappa shape index (κ3) is 5.63. The van der Waals surface area contributed by atoms with Crippen LogP contribution in [0, 0.1) is 13.8 Å². The van der Waals surface area contributed by atoms with E-state index in [1.165, 1.54) is 41.1 Å². The van der Waals surface area contributed by atoms with Gasteiger partial charge in [-0.3, -0.25) is 0 Å². The van der Waals surface area contributed by atoms with Crippen LogP contribution in [0.25, 0.3) is 32.0 Å². The molecule has 0 amide bonds. The fourth-order valence-corrected chi connectivity index (χ4v) is 8.97. The molecule has 0 radical (unpaired) electrons. The predicted octanol–water partition coefficient (Wildman–Crippen LogP) is 11.1. The molecule has 1 atom stereocenters. The van der Waals surface area contributed by atoms with Crippen LogP contribution in [0.3, 0.4) is 0 Å². The van der Waals surface area contributed by atoms with Crippen LogP contribution in [0.15, 0.2) is 116 Å². The normalized spacial score (nSPS) is 12.1. The summed E-state index contributed by atoms with van der Waals surface area (Å²) in [6, 6.07) is 32.7. The Balaban J connectivity index is 1.49. The van der Waals surface area contributed by atoms with E-state index in [0.717, 1.165) is 16.7 Å². The van der Waals surface area contributed by atoms with Gasteiger partial charge in [0.1, 0.15) is 5.75 Å². The molecule has 5 aromatic carbocycles. The van der Waals surface area contributed by atoms with Crippen molar-refractivity contribution in [3.8, 4) is 16.9 Å². The number of ether oxygens (including phenoxy) is 1. The Morgan fingerprint density at radius 3 is 2.12 bits per heavy atom. The van der Waals surface area contributed by atoms with Crippen molar-refractivity contribution in [3.63, 3.8) is 0 Å². The molecule has 1 aromatic heterocycles. The largest absolute Gasteiger partial charge is 0.478 e. The van der Waals surface area contributed by atoms with E-state index in [2.05, 4.69) is 94.2 Å². The molecule has 1 unspecified atom stereocenters. The fraction of sp³-hybridized carbons (Fsp3) is 0.114. The van der Waals surface area contributed by atoms with Gasteiger partial charge < -0.3 is 9.84 Å². The average Bonchev–Trinajstić information content (AvgIpc) is 3.28. The van der Waals surface area contributed by atoms with Gasteiger partial charge in [0.05, 0.1) is 13.6 Å². The fourth-order valence-electron chi connectivity index (χ4n) is 5.22. The van der Waals surface area contributed by atoms with Crippen LogP contribution >= 0.6 is 55.0 Å². The highest BCUT2D eigenvalue weighted by molar-refractivity contribution is 9.11. The Kier molecular flexibility index (Phi) is 8.46. The zero-order valence-electron chi connectivity index (χ0n) is 22.9. The standard InChI is InChI=1S/C35H26Br2O3S2/c1-20-21(2)41-34-30(20)31(25-15-9-10-16-26(25)33(34)42-24-13-7-4-8-14-24)23-18-27(36)32(28(37)19-23)40-29(35(38)39)17-22-11-5-3-6-12-22/h3-16,18-19,29H,17H2,1-2H3,(H,38,39). The highest BCUT2D eigenvalue weighted by Crippen LogP contribution is 2.51. The Labute approximate surface area is 269 Å². The number of benzene rings is 5. The molecule has 210 valence electrons. The van der Waals surface area contributed by atoms with Gasteiger partial charge in [-0.25, -0.2) is 4.79 Å². The summed E-state index contributed by atoms with van der Waals surface area (Å²) < 4.78 is 8.78. The van der Waals surface area contributed by atoms with Gasteiger partial charge in [-0.2, -0.15) is 0 Å². The lowest BCUT2D eigenvalue weighted by molar-refractivity contribution is -0.145. The lowest BCUT2D eigenvalue weighted by atomic mass is 9.93.